The molecule has 0 radical (unpaired) electrons. The maximum Gasteiger partial charge on any atom is 0.316 e. The zero-order valence-corrected chi connectivity index (χ0v) is 10.7. The first-order valence-electron chi connectivity index (χ1n) is 5.39. The summed E-state index contributed by atoms with van der Waals surface area (Å²) in [6, 6.07) is 0. The van der Waals surface area contributed by atoms with Crippen LogP contribution in [0.25, 0.3) is 0 Å². The van der Waals surface area contributed by atoms with Crippen molar-refractivity contribution in [1.29, 1.82) is 0 Å². The Morgan fingerprint density at radius 3 is 2.82 bits per heavy atom. The van der Waals surface area contributed by atoms with E-state index in [1.165, 1.54) is 0 Å². The predicted octanol–water partition coefficient (Wildman–Crippen LogP) is 1.11. The molecule has 0 bridgehead atoms. The molecule has 5 nitrogen and oxygen atoms in total. The van der Waals surface area contributed by atoms with E-state index in [0.29, 0.717) is 17.6 Å². The van der Waals surface area contributed by atoms with E-state index in [2.05, 4.69) is 6.58 Å². The molecule has 0 saturated carbocycles. The summed E-state index contributed by atoms with van der Waals surface area (Å²) in [6.07, 6.45) is 0.316. The second kappa shape index (κ2) is 6.07. The molecule has 6 heteroatoms. The summed E-state index contributed by atoms with van der Waals surface area (Å²) in [5.41, 5.74) is 0. The molecule has 4 atom stereocenters. The third kappa shape index (κ3) is 3.47. The second-order valence-electron chi connectivity index (χ2n) is 3.93. The summed E-state index contributed by atoms with van der Waals surface area (Å²) in [4.78, 5) is 22.4. The quantitative estimate of drug-likeness (QED) is 0.421. The first-order valence-corrected chi connectivity index (χ1v) is 6.47. The van der Waals surface area contributed by atoms with Crippen molar-refractivity contribution in [1.82, 2.24) is 0 Å². The van der Waals surface area contributed by atoms with Crippen molar-refractivity contribution >= 4 is 23.3 Å². The maximum atomic E-state index is 11.5. The van der Waals surface area contributed by atoms with Crippen molar-refractivity contribution in [2.75, 3.05) is 0 Å². The Labute approximate surface area is 103 Å². The SMILES string of the molecule is C=C(C)S(=O)OC1CC(C=O)C(=O)OC1CC. The number of carbonyl (C=O) groups excluding carboxylic acids is 2. The van der Waals surface area contributed by atoms with Crippen molar-refractivity contribution in [3.05, 3.63) is 11.5 Å². The summed E-state index contributed by atoms with van der Waals surface area (Å²) in [5, 5.41) is 0. The smallest absolute Gasteiger partial charge is 0.316 e. The molecule has 0 aromatic rings. The van der Waals surface area contributed by atoms with E-state index in [0.717, 1.165) is 0 Å². The standard InChI is InChI=1S/C11H16O5S/c1-4-9-10(16-17(14)7(2)3)5-8(6-12)11(13)15-9/h6,8-10H,2,4-5H2,1,3H3. The van der Waals surface area contributed by atoms with Crippen LogP contribution < -0.4 is 0 Å². The third-order valence-corrected chi connectivity index (χ3v) is 3.52. The third-order valence-electron chi connectivity index (χ3n) is 2.53. The summed E-state index contributed by atoms with van der Waals surface area (Å²) < 4.78 is 21.9. The van der Waals surface area contributed by atoms with Crippen LogP contribution >= 0.6 is 0 Å². The van der Waals surface area contributed by atoms with E-state index < -0.39 is 35.2 Å². The maximum absolute atomic E-state index is 11.5. The van der Waals surface area contributed by atoms with Crippen LogP contribution in [0.4, 0.5) is 0 Å². The van der Waals surface area contributed by atoms with Gasteiger partial charge in [-0.15, -0.1) is 0 Å². The van der Waals surface area contributed by atoms with Gasteiger partial charge in [-0.1, -0.05) is 13.5 Å². The van der Waals surface area contributed by atoms with Crippen molar-refractivity contribution in [3.8, 4) is 0 Å². The van der Waals surface area contributed by atoms with E-state index in [4.69, 9.17) is 8.92 Å². The van der Waals surface area contributed by atoms with E-state index in [1.54, 1.807) is 6.92 Å². The van der Waals surface area contributed by atoms with Crippen molar-refractivity contribution in [2.24, 2.45) is 5.92 Å². The average Bonchev–Trinajstić information content (AvgIpc) is 2.30. The highest BCUT2D eigenvalue weighted by atomic mass is 32.2. The molecule has 96 valence electrons. The molecule has 0 aromatic heterocycles. The van der Waals surface area contributed by atoms with Crippen LogP contribution in [0.15, 0.2) is 11.5 Å². The fraction of sp³-hybridized carbons (Fsp3) is 0.636. The lowest BCUT2D eigenvalue weighted by molar-refractivity contribution is -0.169. The Bertz CT molecular complexity index is 352. The van der Waals surface area contributed by atoms with E-state index >= 15 is 0 Å². The van der Waals surface area contributed by atoms with E-state index in [9.17, 15) is 13.8 Å². The fourth-order valence-electron chi connectivity index (χ4n) is 1.56. The Balaban J connectivity index is 2.73. The van der Waals surface area contributed by atoms with Crippen LogP contribution in [0.1, 0.15) is 26.7 Å². The normalized spacial score (nSPS) is 30.5. The number of aldehydes is 1. The first-order chi connectivity index (χ1) is 7.99. The molecule has 0 amide bonds. The molecule has 1 fully saturated rings. The monoisotopic (exact) mass is 260 g/mol. The molecular formula is C11H16O5S. The van der Waals surface area contributed by atoms with E-state index in [-0.39, 0.29) is 6.42 Å². The molecule has 0 N–H and O–H groups in total. The van der Waals surface area contributed by atoms with Crippen LogP contribution in [0.3, 0.4) is 0 Å². The Hall–Kier alpha value is -1.01. The minimum Gasteiger partial charge on any atom is -0.459 e. The van der Waals surface area contributed by atoms with Gasteiger partial charge in [0.1, 0.15) is 24.4 Å². The second-order valence-corrected chi connectivity index (χ2v) is 5.29. The van der Waals surface area contributed by atoms with Crippen molar-refractivity contribution in [2.45, 2.75) is 38.9 Å². The minimum absolute atomic E-state index is 0.208. The van der Waals surface area contributed by atoms with Gasteiger partial charge < -0.3 is 9.53 Å². The van der Waals surface area contributed by atoms with Crippen LogP contribution in [0.5, 0.6) is 0 Å². The van der Waals surface area contributed by atoms with Crippen molar-refractivity contribution in [3.63, 3.8) is 0 Å². The van der Waals surface area contributed by atoms with Gasteiger partial charge in [-0.05, 0) is 19.8 Å². The lowest BCUT2D eigenvalue weighted by Crippen LogP contribution is -2.43. The number of allylic oxidation sites excluding steroid dienone is 1. The van der Waals surface area contributed by atoms with Gasteiger partial charge in [-0.3, -0.25) is 8.98 Å². The lowest BCUT2D eigenvalue weighted by Gasteiger charge is -2.32. The van der Waals surface area contributed by atoms with Crippen LogP contribution in [0, 0.1) is 5.92 Å². The number of cyclic esters (lactones) is 1. The molecule has 1 saturated heterocycles. The first kappa shape index (κ1) is 14.1. The number of rotatable bonds is 5. The van der Waals surface area contributed by atoms with Gasteiger partial charge >= 0.3 is 5.97 Å². The van der Waals surface area contributed by atoms with E-state index in [1.807, 2.05) is 6.92 Å². The number of ether oxygens (including phenoxy) is 1. The van der Waals surface area contributed by atoms with Gasteiger partial charge in [0.15, 0.2) is 11.1 Å². The van der Waals surface area contributed by atoms with Gasteiger partial charge in [0.2, 0.25) is 0 Å². The molecule has 0 spiro atoms. The largest absolute Gasteiger partial charge is 0.459 e. The molecule has 4 unspecified atom stereocenters. The highest BCUT2D eigenvalue weighted by Gasteiger charge is 2.38. The van der Waals surface area contributed by atoms with Crippen LogP contribution in [-0.2, 0) is 29.6 Å². The Morgan fingerprint density at radius 2 is 2.35 bits per heavy atom. The summed E-state index contributed by atoms with van der Waals surface area (Å²) in [5.74, 6) is -1.36. The molecule has 1 heterocycles. The van der Waals surface area contributed by atoms with Crippen LogP contribution in [0.2, 0.25) is 0 Å². The average molecular weight is 260 g/mol. The molecule has 0 aliphatic carbocycles. The molecule has 17 heavy (non-hydrogen) atoms. The Kier molecular flexibility index (Phi) is 5.02. The molecule has 1 rings (SSSR count). The highest BCUT2D eigenvalue weighted by Crippen LogP contribution is 2.25. The summed E-state index contributed by atoms with van der Waals surface area (Å²) >= 11 is -1.62. The lowest BCUT2D eigenvalue weighted by atomic mass is 9.95. The number of esters is 1. The number of hydrogen-bond acceptors (Lipinski definition) is 5. The van der Waals surface area contributed by atoms with Gasteiger partial charge in [0, 0.05) is 4.91 Å². The number of carbonyl (C=O) groups is 2. The highest BCUT2D eigenvalue weighted by molar-refractivity contribution is 7.84. The molecule has 1 aliphatic heterocycles. The van der Waals surface area contributed by atoms with Gasteiger partial charge in [-0.2, -0.15) is 0 Å². The van der Waals surface area contributed by atoms with Gasteiger partial charge in [-0.25, -0.2) is 4.21 Å². The van der Waals surface area contributed by atoms with Gasteiger partial charge in [0.25, 0.3) is 0 Å². The van der Waals surface area contributed by atoms with Crippen LogP contribution in [-0.4, -0.2) is 28.7 Å². The summed E-state index contributed by atoms with van der Waals surface area (Å²) in [7, 11) is 0. The molecule has 1 aliphatic rings. The Morgan fingerprint density at radius 1 is 1.71 bits per heavy atom. The zero-order valence-electron chi connectivity index (χ0n) is 9.88. The molecule has 0 aromatic carbocycles. The minimum atomic E-state index is -1.62. The molecular weight excluding hydrogens is 244 g/mol. The topological polar surface area (TPSA) is 69.7 Å². The van der Waals surface area contributed by atoms with Crippen molar-refractivity contribution < 1.29 is 22.7 Å². The van der Waals surface area contributed by atoms with Gasteiger partial charge in [0.05, 0.1) is 0 Å². The number of hydrogen-bond donors (Lipinski definition) is 0. The predicted molar refractivity (Wildman–Crippen MR) is 62.2 cm³/mol. The fourth-order valence-corrected chi connectivity index (χ4v) is 2.16. The summed E-state index contributed by atoms with van der Waals surface area (Å²) in [6.45, 7) is 6.94. The zero-order chi connectivity index (χ0) is 13.0.